The minimum Gasteiger partial charge on any atom is -0.459 e. The number of amides is 1. The highest BCUT2D eigenvalue weighted by atomic mass is 16.3. The van der Waals surface area contributed by atoms with Crippen LogP contribution >= 0.6 is 0 Å². The number of carbonyl (C=O) groups is 1. The Labute approximate surface area is 179 Å². The fourth-order valence-corrected chi connectivity index (χ4v) is 2.98. The number of hydrogen-bond donors (Lipinski definition) is 3. The number of aromatic nitrogens is 3. The minimum absolute atomic E-state index is 0.274. The summed E-state index contributed by atoms with van der Waals surface area (Å²) >= 11 is 0. The van der Waals surface area contributed by atoms with E-state index in [1.54, 1.807) is 12.1 Å². The van der Waals surface area contributed by atoms with Crippen molar-refractivity contribution in [3.05, 3.63) is 84.2 Å². The van der Waals surface area contributed by atoms with E-state index in [1.165, 1.54) is 6.26 Å². The largest absolute Gasteiger partial charge is 0.459 e. The Morgan fingerprint density at radius 2 is 1.94 bits per heavy atom. The zero-order valence-electron chi connectivity index (χ0n) is 17.1. The lowest BCUT2D eigenvalue weighted by Gasteiger charge is -2.11. The van der Waals surface area contributed by atoms with E-state index >= 15 is 0 Å². The molecule has 4 rings (SSSR count). The molecule has 0 radical (unpaired) electrons. The molecule has 158 valence electrons. The van der Waals surface area contributed by atoms with E-state index < -0.39 is 0 Å². The first-order valence-corrected chi connectivity index (χ1v) is 9.97. The van der Waals surface area contributed by atoms with Gasteiger partial charge in [-0.1, -0.05) is 18.2 Å². The molecule has 3 N–H and O–H groups in total. The van der Waals surface area contributed by atoms with Crippen LogP contribution in [-0.2, 0) is 13.1 Å². The summed E-state index contributed by atoms with van der Waals surface area (Å²) in [6.07, 6.45) is 3.40. The molecule has 31 heavy (non-hydrogen) atoms. The minimum atomic E-state index is -0.282. The zero-order chi connectivity index (χ0) is 21.5. The Bertz CT molecular complexity index is 1160. The van der Waals surface area contributed by atoms with Gasteiger partial charge in [0.25, 0.3) is 5.91 Å². The van der Waals surface area contributed by atoms with Crippen molar-refractivity contribution in [2.24, 2.45) is 4.99 Å². The van der Waals surface area contributed by atoms with Crippen LogP contribution in [0, 0.1) is 0 Å². The lowest BCUT2D eigenvalue weighted by atomic mass is 10.2. The van der Waals surface area contributed by atoms with E-state index in [-0.39, 0.29) is 11.7 Å². The van der Waals surface area contributed by atoms with Gasteiger partial charge >= 0.3 is 0 Å². The van der Waals surface area contributed by atoms with Gasteiger partial charge in [0.1, 0.15) is 0 Å². The molecule has 4 aromatic rings. The van der Waals surface area contributed by atoms with Crippen molar-refractivity contribution in [1.29, 1.82) is 0 Å². The summed E-state index contributed by atoms with van der Waals surface area (Å²) in [6.45, 7) is 3.74. The summed E-state index contributed by atoms with van der Waals surface area (Å²) in [5.74, 6) is 1.48. The monoisotopic (exact) mass is 417 g/mol. The van der Waals surface area contributed by atoms with Crippen molar-refractivity contribution in [2.75, 3.05) is 11.9 Å². The van der Waals surface area contributed by atoms with Gasteiger partial charge in [-0.15, -0.1) is 10.2 Å². The van der Waals surface area contributed by atoms with Crippen molar-refractivity contribution in [1.82, 2.24) is 25.2 Å². The Balaban J connectivity index is 1.36. The smallest absolute Gasteiger partial charge is 0.291 e. The van der Waals surface area contributed by atoms with E-state index in [4.69, 9.17) is 4.42 Å². The number of aliphatic imine (C=N–C) groups is 1. The molecule has 1 aromatic carbocycles. The molecule has 0 bridgehead atoms. The summed E-state index contributed by atoms with van der Waals surface area (Å²) in [6, 6.07) is 16.6. The molecule has 0 saturated carbocycles. The molecule has 3 aromatic heterocycles. The van der Waals surface area contributed by atoms with Crippen LogP contribution in [0.3, 0.4) is 0 Å². The number of guanidine groups is 1. The molecule has 1 amide bonds. The molecule has 0 aliphatic carbocycles. The van der Waals surface area contributed by atoms with Gasteiger partial charge in [0.05, 0.1) is 19.4 Å². The maximum Gasteiger partial charge on any atom is 0.291 e. The number of furan rings is 1. The third-order valence-corrected chi connectivity index (χ3v) is 4.52. The van der Waals surface area contributed by atoms with Gasteiger partial charge in [0, 0.05) is 18.4 Å². The van der Waals surface area contributed by atoms with Crippen LogP contribution in [0.25, 0.3) is 5.65 Å². The number of anilines is 1. The van der Waals surface area contributed by atoms with Crippen molar-refractivity contribution >= 4 is 23.2 Å². The molecule has 0 aliphatic heterocycles. The Morgan fingerprint density at radius 1 is 1.06 bits per heavy atom. The third kappa shape index (κ3) is 5.08. The second-order valence-electron chi connectivity index (χ2n) is 6.72. The summed E-state index contributed by atoms with van der Waals surface area (Å²) in [5.41, 5.74) is 2.51. The predicted octanol–water partition coefficient (Wildman–Crippen LogP) is 2.83. The molecular formula is C22H23N7O2. The number of nitrogens with one attached hydrogen (secondary N) is 3. The molecule has 0 atom stereocenters. The van der Waals surface area contributed by atoms with Crippen molar-refractivity contribution < 1.29 is 9.21 Å². The lowest BCUT2D eigenvalue weighted by molar-refractivity contribution is 0.0996. The first kappa shape index (κ1) is 20.1. The first-order chi connectivity index (χ1) is 15.2. The summed E-state index contributed by atoms with van der Waals surface area (Å²) in [5, 5.41) is 17.7. The van der Waals surface area contributed by atoms with E-state index in [0.29, 0.717) is 24.7 Å². The highest BCUT2D eigenvalue weighted by Crippen LogP contribution is 2.12. The van der Waals surface area contributed by atoms with Gasteiger partial charge in [-0.25, -0.2) is 4.99 Å². The fourth-order valence-electron chi connectivity index (χ4n) is 2.98. The summed E-state index contributed by atoms with van der Waals surface area (Å²) < 4.78 is 7.04. The van der Waals surface area contributed by atoms with Gasteiger partial charge in [0.2, 0.25) is 0 Å². The zero-order valence-corrected chi connectivity index (χ0v) is 17.1. The predicted molar refractivity (Wildman–Crippen MR) is 118 cm³/mol. The number of benzene rings is 1. The van der Waals surface area contributed by atoms with Gasteiger partial charge in [0.15, 0.2) is 23.2 Å². The molecule has 0 spiro atoms. The van der Waals surface area contributed by atoms with Crippen LogP contribution in [0.2, 0.25) is 0 Å². The number of carbonyl (C=O) groups excluding carboxylic acids is 1. The van der Waals surface area contributed by atoms with Crippen molar-refractivity contribution in [3.63, 3.8) is 0 Å². The second-order valence-corrected chi connectivity index (χ2v) is 6.72. The third-order valence-electron chi connectivity index (χ3n) is 4.52. The number of nitrogens with zero attached hydrogens (tertiary/aromatic N) is 4. The fraction of sp³-hybridized carbons (Fsp3) is 0.182. The number of hydrogen-bond acceptors (Lipinski definition) is 5. The van der Waals surface area contributed by atoms with Crippen LogP contribution in [0.4, 0.5) is 5.69 Å². The van der Waals surface area contributed by atoms with Crippen LogP contribution < -0.4 is 16.0 Å². The van der Waals surface area contributed by atoms with Gasteiger partial charge in [-0.2, -0.15) is 0 Å². The molecule has 0 unspecified atom stereocenters. The highest BCUT2D eigenvalue weighted by molar-refractivity contribution is 6.02. The van der Waals surface area contributed by atoms with E-state index in [1.807, 2.05) is 60.0 Å². The van der Waals surface area contributed by atoms with Crippen LogP contribution in [0.15, 0.2) is 76.5 Å². The highest BCUT2D eigenvalue weighted by Gasteiger charge is 2.09. The standard InChI is InChI=1S/C22H23N7O2/c1-2-23-22(25-15-20-28-27-19-7-3-4-12-29(19)20)24-14-16-8-10-17(11-9-16)26-21(30)18-6-5-13-31-18/h3-13H,2,14-15H2,1H3,(H,26,30)(H2,23,24,25). The number of rotatable bonds is 7. The maximum absolute atomic E-state index is 12.0. The second kappa shape index (κ2) is 9.57. The Morgan fingerprint density at radius 3 is 2.71 bits per heavy atom. The molecule has 9 nitrogen and oxygen atoms in total. The van der Waals surface area contributed by atoms with Gasteiger partial charge in [-0.3, -0.25) is 9.20 Å². The Hall–Kier alpha value is -4.14. The van der Waals surface area contributed by atoms with E-state index in [9.17, 15) is 4.79 Å². The summed E-state index contributed by atoms with van der Waals surface area (Å²) in [7, 11) is 0. The molecular weight excluding hydrogens is 394 g/mol. The van der Waals surface area contributed by atoms with E-state index in [2.05, 4.69) is 31.1 Å². The lowest BCUT2D eigenvalue weighted by Crippen LogP contribution is -2.37. The van der Waals surface area contributed by atoms with Crippen molar-refractivity contribution in [3.8, 4) is 0 Å². The molecule has 9 heteroatoms. The molecule has 0 saturated heterocycles. The van der Waals surface area contributed by atoms with Crippen LogP contribution in [0.1, 0.15) is 28.9 Å². The average Bonchev–Trinajstić information content (AvgIpc) is 3.47. The molecule has 0 fully saturated rings. The molecule has 3 heterocycles. The van der Waals surface area contributed by atoms with Gasteiger partial charge < -0.3 is 20.4 Å². The average molecular weight is 417 g/mol. The topological polar surface area (TPSA) is 109 Å². The summed E-state index contributed by atoms with van der Waals surface area (Å²) in [4.78, 5) is 16.7. The molecule has 0 aliphatic rings. The first-order valence-electron chi connectivity index (χ1n) is 9.97. The van der Waals surface area contributed by atoms with Crippen LogP contribution in [-0.4, -0.2) is 33.0 Å². The van der Waals surface area contributed by atoms with E-state index in [0.717, 1.165) is 23.6 Å². The SMILES string of the molecule is CCNC(=NCc1ccc(NC(=O)c2ccco2)cc1)NCc1nnc2ccccn12. The number of fused-ring (bicyclic) bond motifs is 1. The normalized spacial score (nSPS) is 11.5. The van der Waals surface area contributed by atoms with Gasteiger partial charge in [-0.05, 0) is 48.9 Å². The van der Waals surface area contributed by atoms with Crippen LogP contribution in [0.5, 0.6) is 0 Å². The van der Waals surface area contributed by atoms with Crippen molar-refractivity contribution in [2.45, 2.75) is 20.0 Å². The Kier molecular flexibility index (Phi) is 6.22. The number of pyridine rings is 1. The maximum atomic E-state index is 12.0. The quantitative estimate of drug-likeness (QED) is 0.315.